The summed E-state index contributed by atoms with van der Waals surface area (Å²) in [6.45, 7) is -0.840. The van der Waals surface area contributed by atoms with Gasteiger partial charge in [0.1, 0.15) is 12.3 Å². The molecule has 2 heterocycles. The van der Waals surface area contributed by atoms with Crippen molar-refractivity contribution in [1.29, 1.82) is 0 Å². The van der Waals surface area contributed by atoms with Crippen LogP contribution in [0.5, 0.6) is 0 Å². The number of nitrogens with zero attached hydrogens (tertiary/aromatic N) is 2. The second-order valence-corrected chi connectivity index (χ2v) is 8.64. The Morgan fingerprint density at radius 1 is 1.10 bits per heavy atom. The number of aliphatic carboxylic acids is 1. The van der Waals surface area contributed by atoms with Crippen molar-refractivity contribution < 1.29 is 36.7 Å². The Labute approximate surface area is 162 Å². The second kappa shape index (κ2) is 6.08. The van der Waals surface area contributed by atoms with Crippen molar-refractivity contribution in [2.24, 2.45) is 0 Å². The molecule has 4 rings (SSSR count). The molecule has 0 aliphatic carbocycles. The number of hydrogen-bond donors (Lipinski definition) is 1. The molecule has 8 nitrogen and oxygen atoms in total. The third-order valence-electron chi connectivity index (χ3n) is 4.88. The number of fused-ring (bicyclic) bond motifs is 2. The standard InChI is InChI=1S/C18H12F2N2O6S/c19-12-6-5-10(7-13(12)20)22-15(23)9-29(27,28)18(22)11-3-1-2-4-14(11)21(17(18)26)8-16(24)25/h1-7H,8-9H2,(H,24,25). The van der Waals surface area contributed by atoms with Gasteiger partial charge >= 0.3 is 5.97 Å². The summed E-state index contributed by atoms with van der Waals surface area (Å²) < 4.78 is 53.4. The first-order valence-electron chi connectivity index (χ1n) is 8.25. The lowest BCUT2D eigenvalue weighted by Crippen LogP contribution is -2.55. The number of carbonyl (C=O) groups is 3. The van der Waals surface area contributed by atoms with Gasteiger partial charge in [-0.05, 0) is 18.2 Å². The Morgan fingerprint density at radius 3 is 2.45 bits per heavy atom. The molecule has 2 aliphatic rings. The van der Waals surface area contributed by atoms with Crippen molar-refractivity contribution in [2.75, 3.05) is 22.1 Å². The second-order valence-electron chi connectivity index (χ2n) is 6.53. The van der Waals surface area contributed by atoms with Crippen LogP contribution < -0.4 is 9.80 Å². The molecule has 150 valence electrons. The first kappa shape index (κ1) is 19.0. The summed E-state index contributed by atoms with van der Waals surface area (Å²) in [6, 6.07) is 7.85. The largest absolute Gasteiger partial charge is 0.480 e. The van der Waals surface area contributed by atoms with Crippen LogP contribution in [-0.2, 0) is 29.1 Å². The average molecular weight is 422 g/mol. The van der Waals surface area contributed by atoms with E-state index in [9.17, 15) is 31.6 Å². The summed E-state index contributed by atoms with van der Waals surface area (Å²) in [7, 11) is -4.51. The maximum atomic E-state index is 13.8. The number of amides is 2. The van der Waals surface area contributed by atoms with Gasteiger partial charge in [-0.15, -0.1) is 0 Å². The van der Waals surface area contributed by atoms with Crippen molar-refractivity contribution in [2.45, 2.75) is 4.87 Å². The Kier molecular flexibility index (Phi) is 3.98. The normalized spacial score (nSPS) is 22.4. The Bertz CT molecular complexity index is 1200. The summed E-state index contributed by atoms with van der Waals surface area (Å²) in [5.74, 6) is -7.19. The topological polar surface area (TPSA) is 112 Å². The maximum absolute atomic E-state index is 13.8. The molecule has 1 spiro atoms. The molecule has 2 amide bonds. The fourth-order valence-electron chi connectivity index (χ4n) is 3.81. The van der Waals surface area contributed by atoms with Gasteiger partial charge in [0.15, 0.2) is 21.5 Å². The van der Waals surface area contributed by atoms with Crippen LogP contribution in [0.2, 0.25) is 0 Å². The van der Waals surface area contributed by atoms with Gasteiger partial charge < -0.3 is 5.11 Å². The molecule has 1 fully saturated rings. The predicted molar refractivity (Wildman–Crippen MR) is 95.7 cm³/mol. The smallest absolute Gasteiger partial charge is 0.323 e. The molecule has 0 bridgehead atoms. The molecule has 2 aromatic carbocycles. The molecule has 0 radical (unpaired) electrons. The van der Waals surface area contributed by atoms with E-state index in [4.69, 9.17) is 5.11 Å². The number of carbonyl (C=O) groups excluding carboxylic acids is 2. The molecule has 2 aliphatic heterocycles. The van der Waals surface area contributed by atoms with Gasteiger partial charge in [0.2, 0.25) is 5.91 Å². The van der Waals surface area contributed by atoms with Gasteiger partial charge in [-0.2, -0.15) is 0 Å². The lowest BCUT2D eigenvalue weighted by Gasteiger charge is -2.32. The van der Waals surface area contributed by atoms with Gasteiger partial charge in [0.05, 0.1) is 5.69 Å². The number of hydrogen-bond acceptors (Lipinski definition) is 5. The number of carboxylic acids is 1. The molecule has 0 saturated carbocycles. The maximum Gasteiger partial charge on any atom is 0.323 e. The number of carboxylic acid groups (broad SMARTS) is 1. The first-order valence-corrected chi connectivity index (χ1v) is 9.90. The minimum atomic E-state index is -4.51. The third kappa shape index (κ3) is 2.40. The average Bonchev–Trinajstić information content (AvgIpc) is 3.01. The summed E-state index contributed by atoms with van der Waals surface area (Å²) >= 11 is 0. The number of rotatable bonds is 3. The van der Waals surface area contributed by atoms with E-state index in [0.29, 0.717) is 17.0 Å². The molecule has 2 aromatic rings. The van der Waals surface area contributed by atoms with Crippen LogP contribution in [0.15, 0.2) is 42.5 Å². The van der Waals surface area contributed by atoms with Crippen LogP contribution in [-0.4, -0.2) is 43.6 Å². The quantitative estimate of drug-likeness (QED) is 0.790. The lowest BCUT2D eigenvalue weighted by molar-refractivity contribution is -0.136. The van der Waals surface area contributed by atoms with Crippen molar-refractivity contribution in [3.05, 3.63) is 59.7 Å². The van der Waals surface area contributed by atoms with Gasteiger partial charge in [-0.3, -0.25) is 24.2 Å². The molecule has 1 saturated heterocycles. The van der Waals surface area contributed by atoms with Gasteiger partial charge in [-0.25, -0.2) is 17.2 Å². The molecule has 0 aromatic heterocycles. The molecular formula is C18H12F2N2O6S. The van der Waals surface area contributed by atoms with E-state index in [-0.39, 0.29) is 16.9 Å². The van der Waals surface area contributed by atoms with Crippen LogP contribution in [0.4, 0.5) is 20.2 Å². The van der Waals surface area contributed by atoms with E-state index < -0.39 is 56.4 Å². The molecule has 29 heavy (non-hydrogen) atoms. The van der Waals surface area contributed by atoms with E-state index in [0.717, 1.165) is 11.0 Å². The van der Waals surface area contributed by atoms with Crippen LogP contribution in [0.25, 0.3) is 0 Å². The van der Waals surface area contributed by atoms with Gasteiger partial charge in [0, 0.05) is 17.3 Å². The van der Waals surface area contributed by atoms with E-state index >= 15 is 0 Å². The van der Waals surface area contributed by atoms with Crippen molar-refractivity contribution >= 4 is 39.0 Å². The summed E-state index contributed by atoms with van der Waals surface area (Å²) in [6.07, 6.45) is 0. The van der Waals surface area contributed by atoms with E-state index in [1.54, 1.807) is 0 Å². The summed E-state index contributed by atoms with van der Waals surface area (Å²) in [4.78, 5) is 36.0. The van der Waals surface area contributed by atoms with Crippen molar-refractivity contribution in [3.63, 3.8) is 0 Å². The minimum absolute atomic E-state index is 0.00533. The minimum Gasteiger partial charge on any atom is -0.480 e. The summed E-state index contributed by atoms with van der Waals surface area (Å²) in [5, 5.41) is 9.17. The number of sulfone groups is 1. The fourth-order valence-corrected chi connectivity index (χ4v) is 5.84. The molecule has 1 unspecified atom stereocenters. The molecule has 1 N–H and O–H groups in total. The highest BCUT2D eigenvalue weighted by Gasteiger charge is 2.69. The monoisotopic (exact) mass is 422 g/mol. The van der Waals surface area contributed by atoms with Crippen molar-refractivity contribution in [1.82, 2.24) is 0 Å². The van der Waals surface area contributed by atoms with Crippen LogP contribution in [0.1, 0.15) is 5.56 Å². The zero-order valence-corrected chi connectivity index (χ0v) is 15.3. The highest BCUT2D eigenvalue weighted by atomic mass is 32.2. The Hall–Kier alpha value is -3.34. The van der Waals surface area contributed by atoms with Crippen LogP contribution in [0, 0.1) is 11.6 Å². The first-order chi connectivity index (χ1) is 13.6. The Morgan fingerprint density at radius 2 is 1.79 bits per heavy atom. The zero-order valence-electron chi connectivity index (χ0n) is 14.5. The van der Waals surface area contributed by atoms with Crippen LogP contribution in [0.3, 0.4) is 0 Å². The molecule has 1 atom stereocenters. The van der Waals surface area contributed by atoms with Crippen LogP contribution >= 0.6 is 0 Å². The number of para-hydroxylation sites is 1. The zero-order chi connectivity index (χ0) is 21.1. The van der Waals surface area contributed by atoms with E-state index in [1.807, 2.05) is 0 Å². The van der Waals surface area contributed by atoms with Gasteiger partial charge in [0.25, 0.3) is 10.8 Å². The highest BCUT2D eigenvalue weighted by molar-refractivity contribution is 7.94. The Balaban J connectivity index is 2.04. The van der Waals surface area contributed by atoms with E-state index in [2.05, 4.69) is 0 Å². The van der Waals surface area contributed by atoms with E-state index in [1.165, 1.54) is 24.3 Å². The fraction of sp³-hybridized carbons (Fsp3) is 0.167. The van der Waals surface area contributed by atoms with Gasteiger partial charge in [-0.1, -0.05) is 18.2 Å². The number of halogens is 2. The third-order valence-corrected chi connectivity index (χ3v) is 6.98. The predicted octanol–water partition coefficient (Wildman–Crippen LogP) is 1.01. The number of benzene rings is 2. The SMILES string of the molecule is O=C(O)CN1C(=O)C2(c3ccccc31)N(c1ccc(F)c(F)c1)C(=O)CS2(=O)=O. The molecule has 11 heteroatoms. The lowest BCUT2D eigenvalue weighted by atomic mass is 10.0. The summed E-state index contributed by atoms with van der Waals surface area (Å²) in [5.41, 5.74) is -0.456. The highest BCUT2D eigenvalue weighted by Crippen LogP contribution is 2.52. The molecular weight excluding hydrogens is 410 g/mol. The van der Waals surface area contributed by atoms with Crippen molar-refractivity contribution in [3.8, 4) is 0 Å². The number of anilines is 2.